The zero-order valence-corrected chi connectivity index (χ0v) is 21.8. The minimum atomic E-state index is -0.0457. The zero-order valence-electron chi connectivity index (χ0n) is 21.8. The number of hydrogen-bond donors (Lipinski definition) is 2. The molecule has 2 aliphatic heterocycles. The van der Waals surface area contributed by atoms with Gasteiger partial charge in [-0.1, -0.05) is 30.3 Å². The lowest BCUT2D eigenvalue weighted by atomic mass is 10.0. The molecule has 4 aromatic rings. The first kappa shape index (κ1) is 23.5. The van der Waals surface area contributed by atoms with Gasteiger partial charge in [-0.25, -0.2) is 0 Å². The molecule has 1 saturated carbocycles. The topological polar surface area (TPSA) is 70.2 Å². The van der Waals surface area contributed by atoms with Crippen LogP contribution in [0.3, 0.4) is 0 Å². The smallest absolute Gasteiger partial charge is 0.251 e. The van der Waals surface area contributed by atoms with Crippen molar-refractivity contribution in [2.45, 2.75) is 62.8 Å². The second kappa shape index (κ2) is 9.59. The van der Waals surface area contributed by atoms with Crippen molar-refractivity contribution in [3.8, 4) is 17.0 Å². The number of rotatable bonds is 7. The van der Waals surface area contributed by atoms with Crippen molar-refractivity contribution in [2.24, 2.45) is 5.92 Å². The fourth-order valence-electron chi connectivity index (χ4n) is 6.50. The van der Waals surface area contributed by atoms with Crippen LogP contribution in [0.4, 0.5) is 0 Å². The van der Waals surface area contributed by atoms with Crippen molar-refractivity contribution in [1.82, 2.24) is 20.4 Å². The molecule has 2 saturated heterocycles. The summed E-state index contributed by atoms with van der Waals surface area (Å²) in [6, 6.07) is 25.7. The second-order valence-corrected chi connectivity index (χ2v) is 11.3. The van der Waals surface area contributed by atoms with Gasteiger partial charge < -0.3 is 15.0 Å². The van der Waals surface area contributed by atoms with E-state index < -0.39 is 0 Å². The average molecular weight is 507 g/mol. The number of nitrogens with one attached hydrogen (secondary N) is 2. The van der Waals surface area contributed by atoms with Gasteiger partial charge in [0.25, 0.3) is 5.91 Å². The number of carbonyl (C=O) groups is 1. The number of piperidine rings is 1. The van der Waals surface area contributed by atoms with Gasteiger partial charge in [0.05, 0.1) is 17.3 Å². The van der Waals surface area contributed by atoms with E-state index in [9.17, 15) is 4.79 Å². The highest BCUT2D eigenvalue weighted by atomic mass is 16.5. The van der Waals surface area contributed by atoms with Crippen molar-refractivity contribution in [3.63, 3.8) is 0 Å². The molecule has 1 aromatic heterocycles. The molecule has 3 heterocycles. The summed E-state index contributed by atoms with van der Waals surface area (Å²) in [6.45, 7) is 0. The molecule has 2 N–H and O–H groups in total. The molecule has 1 amide bonds. The molecule has 3 aliphatic rings. The number of aromatic amines is 1. The predicted octanol–water partition coefficient (Wildman–Crippen LogP) is 6.12. The highest BCUT2D eigenvalue weighted by Crippen LogP contribution is 2.41. The van der Waals surface area contributed by atoms with Crippen LogP contribution in [0.2, 0.25) is 0 Å². The van der Waals surface area contributed by atoms with Gasteiger partial charge in [0, 0.05) is 28.6 Å². The highest BCUT2D eigenvalue weighted by molar-refractivity contribution is 6.01. The largest absolute Gasteiger partial charge is 0.490 e. The van der Waals surface area contributed by atoms with Gasteiger partial charge >= 0.3 is 0 Å². The van der Waals surface area contributed by atoms with Crippen LogP contribution >= 0.6 is 0 Å². The normalized spacial score (nSPS) is 23.9. The third-order valence-electron chi connectivity index (χ3n) is 8.85. The molecule has 2 bridgehead atoms. The minimum absolute atomic E-state index is 0.0457. The molecule has 3 aromatic carbocycles. The molecule has 0 radical (unpaired) electrons. The number of benzene rings is 3. The van der Waals surface area contributed by atoms with Crippen LogP contribution in [-0.4, -0.2) is 46.2 Å². The first-order chi connectivity index (χ1) is 18.6. The van der Waals surface area contributed by atoms with Crippen molar-refractivity contribution >= 4 is 16.8 Å². The Balaban J connectivity index is 1.08. The van der Waals surface area contributed by atoms with Crippen molar-refractivity contribution < 1.29 is 9.53 Å². The Morgan fingerprint density at radius 3 is 2.42 bits per heavy atom. The van der Waals surface area contributed by atoms with Gasteiger partial charge in [-0.05, 0) is 99.5 Å². The van der Waals surface area contributed by atoms with Gasteiger partial charge in [-0.3, -0.25) is 9.89 Å². The Morgan fingerprint density at radius 2 is 1.71 bits per heavy atom. The van der Waals surface area contributed by atoms with Crippen molar-refractivity contribution in [2.75, 3.05) is 7.05 Å². The molecular formula is C32H34N4O2. The monoisotopic (exact) mass is 506 g/mol. The number of nitrogens with zero attached hydrogens (tertiary/aromatic N) is 2. The van der Waals surface area contributed by atoms with Gasteiger partial charge in [0.2, 0.25) is 0 Å². The lowest BCUT2D eigenvalue weighted by molar-refractivity contribution is 0.0662. The maximum Gasteiger partial charge on any atom is 0.251 e. The summed E-state index contributed by atoms with van der Waals surface area (Å²) in [5.74, 6) is 1.38. The molecule has 7 rings (SSSR count). The third-order valence-corrected chi connectivity index (χ3v) is 8.85. The summed E-state index contributed by atoms with van der Waals surface area (Å²) in [7, 11) is 2.26. The van der Waals surface area contributed by atoms with Crippen LogP contribution in [0.5, 0.6) is 5.75 Å². The maximum atomic E-state index is 13.3. The van der Waals surface area contributed by atoms with Crippen LogP contribution in [-0.2, 0) is 0 Å². The van der Waals surface area contributed by atoms with E-state index in [0.29, 0.717) is 23.6 Å². The second-order valence-electron chi connectivity index (χ2n) is 11.3. The maximum absolute atomic E-state index is 13.3. The Morgan fingerprint density at radius 1 is 0.974 bits per heavy atom. The van der Waals surface area contributed by atoms with Gasteiger partial charge in [0.15, 0.2) is 0 Å². The first-order valence-electron chi connectivity index (χ1n) is 14.0. The van der Waals surface area contributed by atoms with E-state index in [1.807, 2.05) is 48.5 Å². The van der Waals surface area contributed by atoms with Gasteiger partial charge in [0.1, 0.15) is 11.9 Å². The summed E-state index contributed by atoms with van der Waals surface area (Å²) in [5.41, 5.74) is 4.59. The Labute approximate surface area is 223 Å². The lowest BCUT2D eigenvalue weighted by Gasteiger charge is -2.36. The Bertz CT molecular complexity index is 1430. The molecule has 38 heavy (non-hydrogen) atoms. The summed E-state index contributed by atoms with van der Waals surface area (Å²) in [6.07, 6.45) is 7.40. The van der Waals surface area contributed by atoms with E-state index in [1.54, 1.807) is 0 Å². The number of hydrogen-bond acceptors (Lipinski definition) is 4. The van der Waals surface area contributed by atoms with Crippen LogP contribution in [0.25, 0.3) is 22.2 Å². The van der Waals surface area contributed by atoms with Crippen LogP contribution in [0.15, 0.2) is 72.8 Å². The lowest BCUT2D eigenvalue weighted by Crippen LogP contribution is -2.43. The van der Waals surface area contributed by atoms with Gasteiger partial charge in [-0.15, -0.1) is 0 Å². The number of carbonyl (C=O) groups excluding carboxylic acids is 1. The summed E-state index contributed by atoms with van der Waals surface area (Å²) in [5, 5.41) is 12.0. The van der Waals surface area contributed by atoms with E-state index in [4.69, 9.17) is 4.74 Å². The fourth-order valence-corrected chi connectivity index (χ4v) is 6.50. The molecule has 0 spiro atoms. The third kappa shape index (κ3) is 4.47. The number of fused-ring (bicyclic) bond motifs is 3. The molecule has 2 unspecified atom stereocenters. The van der Waals surface area contributed by atoms with Crippen LogP contribution < -0.4 is 10.1 Å². The van der Waals surface area contributed by atoms with Crippen molar-refractivity contribution in [1.29, 1.82) is 0 Å². The highest BCUT2D eigenvalue weighted by Gasteiger charge is 2.39. The van der Waals surface area contributed by atoms with Crippen molar-refractivity contribution in [3.05, 3.63) is 83.9 Å². The quantitative estimate of drug-likeness (QED) is 0.317. The van der Waals surface area contributed by atoms with Crippen LogP contribution in [0.1, 0.15) is 60.5 Å². The summed E-state index contributed by atoms with van der Waals surface area (Å²) < 4.78 is 6.38. The average Bonchev–Trinajstić information content (AvgIpc) is 3.67. The molecule has 6 nitrogen and oxygen atoms in total. The van der Waals surface area contributed by atoms with E-state index >= 15 is 0 Å². The summed E-state index contributed by atoms with van der Waals surface area (Å²) >= 11 is 0. The standard InChI is InChI=1S/C32H34N4O2/c1-36-24-12-13-25(36)19-27(18-24)38-26-14-9-22(10-15-26)31-28-17-23(11-16-29(28)34-35-31)32(37)33-30(21-7-8-21)20-5-3-2-4-6-20/h2-6,9-11,14-17,21,24-25,27,30H,7-8,12-13,18-19H2,1H3,(H,33,37)(H,34,35)/t24?,25?,27?,30-/m0/s1. The van der Waals surface area contributed by atoms with E-state index in [2.05, 4.69) is 51.7 Å². The molecule has 3 fully saturated rings. The number of H-pyrrole nitrogens is 1. The SMILES string of the molecule is CN1C2CCC1CC(Oc1ccc(-c3n[nH]c4ccc(C(=O)N[C@@H](c5ccccc5)C5CC5)cc34)cc1)C2. The molecular weight excluding hydrogens is 472 g/mol. The molecule has 6 heteroatoms. The van der Waals surface area contributed by atoms with E-state index in [1.165, 1.54) is 18.4 Å². The number of amides is 1. The zero-order chi connectivity index (χ0) is 25.6. The summed E-state index contributed by atoms with van der Waals surface area (Å²) in [4.78, 5) is 15.9. The predicted molar refractivity (Wildman–Crippen MR) is 149 cm³/mol. The van der Waals surface area contributed by atoms with E-state index in [0.717, 1.165) is 53.6 Å². The molecule has 3 atom stereocenters. The number of ether oxygens (including phenoxy) is 1. The van der Waals surface area contributed by atoms with E-state index in [-0.39, 0.29) is 18.1 Å². The molecule has 194 valence electrons. The minimum Gasteiger partial charge on any atom is -0.490 e. The van der Waals surface area contributed by atoms with Gasteiger partial charge in [-0.2, -0.15) is 5.10 Å². The molecule has 1 aliphatic carbocycles. The Kier molecular flexibility index (Phi) is 5.92. The van der Waals surface area contributed by atoms with Crippen LogP contribution in [0, 0.1) is 5.92 Å². The Hall–Kier alpha value is -3.64. The fraction of sp³-hybridized carbons (Fsp3) is 0.375. The number of aromatic nitrogens is 2. The first-order valence-corrected chi connectivity index (χ1v) is 14.0.